The molecule has 0 saturated heterocycles. The summed E-state index contributed by atoms with van der Waals surface area (Å²) in [5.41, 5.74) is 6.24. The number of fused-ring (bicyclic) bond motifs is 1. The van der Waals surface area contributed by atoms with Gasteiger partial charge in [0.1, 0.15) is 5.54 Å². The molecule has 1 unspecified atom stereocenters. The van der Waals surface area contributed by atoms with Gasteiger partial charge in [0.25, 0.3) is 0 Å². The normalized spacial score (nSPS) is 27.8. The second-order valence-corrected chi connectivity index (χ2v) is 6.21. The summed E-state index contributed by atoms with van der Waals surface area (Å²) < 4.78 is 0. The summed E-state index contributed by atoms with van der Waals surface area (Å²) in [5.74, 6) is 0.549. The number of hydrogen-bond donors (Lipinski definition) is 2. The molecule has 1 aromatic heterocycles. The van der Waals surface area contributed by atoms with Crippen molar-refractivity contribution in [2.45, 2.75) is 37.6 Å². The fraction of sp³-hybridized carbons (Fsp3) is 0.615. The summed E-state index contributed by atoms with van der Waals surface area (Å²) in [7, 11) is 0. The molecule has 3 N–H and O–H groups in total. The number of amides is 1. The van der Waals surface area contributed by atoms with Crippen LogP contribution in [0.2, 0.25) is 0 Å². The minimum absolute atomic E-state index is 0.211. The molecule has 0 aliphatic heterocycles. The Morgan fingerprint density at radius 3 is 3.12 bits per heavy atom. The van der Waals surface area contributed by atoms with Crippen LogP contribution in [0.5, 0.6) is 0 Å². The summed E-state index contributed by atoms with van der Waals surface area (Å²) in [5, 5.41) is 5.55. The molecule has 3 rings (SSSR count). The van der Waals surface area contributed by atoms with Gasteiger partial charge in [-0.25, -0.2) is 0 Å². The van der Waals surface area contributed by atoms with Gasteiger partial charge in [0, 0.05) is 4.88 Å². The van der Waals surface area contributed by atoms with Crippen LogP contribution < -0.4 is 11.1 Å². The van der Waals surface area contributed by atoms with Crippen molar-refractivity contribution in [3.63, 3.8) is 0 Å². The number of nitrogens with one attached hydrogen (secondary N) is 1. The average Bonchev–Trinajstić information content (AvgIpc) is 3.01. The van der Waals surface area contributed by atoms with E-state index in [1.54, 1.807) is 11.3 Å². The molecule has 2 aliphatic carbocycles. The van der Waals surface area contributed by atoms with Gasteiger partial charge in [-0.2, -0.15) is 0 Å². The second-order valence-electron chi connectivity index (χ2n) is 5.20. The first-order chi connectivity index (χ1) is 8.22. The highest BCUT2D eigenvalue weighted by Gasteiger charge is 2.43. The Morgan fingerprint density at radius 2 is 2.41 bits per heavy atom. The van der Waals surface area contributed by atoms with Gasteiger partial charge >= 0.3 is 0 Å². The highest BCUT2D eigenvalue weighted by Crippen LogP contribution is 2.39. The molecular formula is C13H18N2OS. The maximum Gasteiger partial charge on any atom is 0.242 e. The van der Waals surface area contributed by atoms with Gasteiger partial charge < -0.3 is 5.73 Å². The molecule has 3 nitrogen and oxygen atoms in total. The minimum atomic E-state index is -0.587. The zero-order valence-electron chi connectivity index (χ0n) is 9.87. The molecule has 0 aromatic carbocycles. The van der Waals surface area contributed by atoms with Crippen molar-refractivity contribution in [3.05, 3.63) is 21.9 Å². The van der Waals surface area contributed by atoms with Gasteiger partial charge in [-0.05, 0) is 61.6 Å². The van der Waals surface area contributed by atoms with Crippen LogP contribution in [0.1, 0.15) is 36.1 Å². The van der Waals surface area contributed by atoms with E-state index in [-0.39, 0.29) is 5.91 Å². The molecule has 0 radical (unpaired) electrons. The van der Waals surface area contributed by atoms with E-state index in [1.165, 1.54) is 17.7 Å². The maximum absolute atomic E-state index is 11.9. The summed E-state index contributed by atoms with van der Waals surface area (Å²) in [6, 6.07) is 2.07. The molecule has 1 heterocycles. The van der Waals surface area contributed by atoms with E-state index in [0.29, 0.717) is 0 Å². The number of hydrogen-bond acceptors (Lipinski definition) is 3. The van der Waals surface area contributed by atoms with E-state index in [4.69, 9.17) is 5.73 Å². The quantitative estimate of drug-likeness (QED) is 0.855. The van der Waals surface area contributed by atoms with Crippen LogP contribution in [0.3, 0.4) is 0 Å². The molecular weight excluding hydrogens is 232 g/mol. The van der Waals surface area contributed by atoms with Crippen molar-refractivity contribution in [2.75, 3.05) is 6.54 Å². The lowest BCUT2D eigenvalue weighted by molar-refractivity contribution is -0.125. The summed E-state index contributed by atoms with van der Waals surface area (Å²) in [6.07, 6.45) is 5.57. The van der Waals surface area contributed by atoms with Gasteiger partial charge in [-0.1, -0.05) is 0 Å². The van der Waals surface area contributed by atoms with Gasteiger partial charge in [0.15, 0.2) is 0 Å². The Hall–Kier alpha value is -0.870. The molecule has 0 bridgehead atoms. The molecule has 1 saturated carbocycles. The molecule has 0 spiro atoms. The smallest absolute Gasteiger partial charge is 0.242 e. The van der Waals surface area contributed by atoms with Crippen LogP contribution in [0.15, 0.2) is 11.4 Å². The maximum atomic E-state index is 11.9. The molecule has 1 amide bonds. The number of aryl methyl sites for hydroxylation is 1. The van der Waals surface area contributed by atoms with Crippen LogP contribution in [-0.4, -0.2) is 12.5 Å². The summed E-state index contributed by atoms with van der Waals surface area (Å²) in [6.45, 7) is 0.929. The van der Waals surface area contributed by atoms with E-state index < -0.39 is 5.54 Å². The fourth-order valence-corrected chi connectivity index (χ4v) is 3.73. The Labute approximate surface area is 105 Å². The average molecular weight is 250 g/mol. The van der Waals surface area contributed by atoms with Crippen LogP contribution in [0.4, 0.5) is 0 Å². The summed E-state index contributed by atoms with van der Waals surface area (Å²) >= 11 is 1.75. The van der Waals surface area contributed by atoms with Crippen molar-refractivity contribution in [1.29, 1.82) is 0 Å². The van der Waals surface area contributed by atoms with Crippen LogP contribution in [0, 0.1) is 5.92 Å². The third-order valence-corrected chi connectivity index (χ3v) is 4.95. The highest BCUT2D eigenvalue weighted by molar-refractivity contribution is 7.10. The lowest BCUT2D eigenvalue weighted by Crippen LogP contribution is -2.54. The standard InChI is InChI=1S/C13H18N2OS/c14-12(16)13(15-8-9-3-4-9)6-1-2-11-10(13)5-7-17-11/h5,7,9,15H,1-4,6,8H2,(H2,14,16). The van der Waals surface area contributed by atoms with E-state index in [9.17, 15) is 4.79 Å². The lowest BCUT2D eigenvalue weighted by Gasteiger charge is -2.35. The molecule has 92 valence electrons. The zero-order valence-corrected chi connectivity index (χ0v) is 10.7. The Kier molecular flexibility index (Phi) is 2.71. The predicted octanol–water partition coefficient (Wildman–Crippen LogP) is 1.76. The van der Waals surface area contributed by atoms with Gasteiger partial charge in [0.2, 0.25) is 5.91 Å². The fourth-order valence-electron chi connectivity index (χ4n) is 2.73. The van der Waals surface area contributed by atoms with Gasteiger partial charge in [0.05, 0.1) is 0 Å². The first-order valence-corrected chi connectivity index (χ1v) is 7.22. The van der Waals surface area contributed by atoms with Crippen molar-refractivity contribution < 1.29 is 4.79 Å². The van der Waals surface area contributed by atoms with E-state index >= 15 is 0 Å². The van der Waals surface area contributed by atoms with Gasteiger partial charge in [-0.3, -0.25) is 10.1 Å². The number of primary amides is 1. The number of nitrogens with two attached hydrogens (primary N) is 1. The molecule has 2 aliphatic rings. The number of carbonyl (C=O) groups excluding carboxylic acids is 1. The number of carbonyl (C=O) groups is 1. The second kappa shape index (κ2) is 4.10. The van der Waals surface area contributed by atoms with Crippen molar-refractivity contribution in [1.82, 2.24) is 5.32 Å². The Balaban J connectivity index is 1.91. The molecule has 17 heavy (non-hydrogen) atoms. The first kappa shape index (κ1) is 11.2. The molecule has 1 fully saturated rings. The number of thiophene rings is 1. The van der Waals surface area contributed by atoms with Crippen molar-refractivity contribution in [3.8, 4) is 0 Å². The topological polar surface area (TPSA) is 55.1 Å². The predicted molar refractivity (Wildman–Crippen MR) is 68.9 cm³/mol. The first-order valence-electron chi connectivity index (χ1n) is 6.34. The van der Waals surface area contributed by atoms with Crippen molar-refractivity contribution >= 4 is 17.2 Å². The van der Waals surface area contributed by atoms with Crippen LogP contribution in [0.25, 0.3) is 0 Å². The van der Waals surface area contributed by atoms with E-state index in [0.717, 1.165) is 37.3 Å². The number of rotatable bonds is 4. The lowest BCUT2D eigenvalue weighted by atomic mass is 9.79. The Bertz CT molecular complexity index is 438. The minimum Gasteiger partial charge on any atom is -0.368 e. The van der Waals surface area contributed by atoms with E-state index in [2.05, 4.69) is 16.8 Å². The summed E-state index contributed by atoms with van der Waals surface area (Å²) in [4.78, 5) is 13.3. The third kappa shape index (κ3) is 1.89. The zero-order chi connectivity index (χ0) is 11.9. The van der Waals surface area contributed by atoms with Crippen molar-refractivity contribution in [2.24, 2.45) is 11.7 Å². The molecule has 4 heteroatoms. The van der Waals surface area contributed by atoms with Gasteiger partial charge in [-0.15, -0.1) is 11.3 Å². The highest BCUT2D eigenvalue weighted by atomic mass is 32.1. The SMILES string of the molecule is NC(=O)C1(NCC2CC2)CCCc2sccc21. The molecule has 1 atom stereocenters. The molecule has 1 aromatic rings. The third-order valence-electron chi connectivity index (χ3n) is 3.97. The van der Waals surface area contributed by atoms with Crippen LogP contribution >= 0.6 is 11.3 Å². The van der Waals surface area contributed by atoms with Crippen LogP contribution in [-0.2, 0) is 16.8 Å². The van der Waals surface area contributed by atoms with E-state index in [1.807, 2.05) is 0 Å². The largest absolute Gasteiger partial charge is 0.368 e. The Morgan fingerprint density at radius 1 is 1.59 bits per heavy atom. The monoisotopic (exact) mass is 250 g/mol.